The number of halogens is 1. The number of ether oxygens (including phenoxy) is 1. The van der Waals surface area contributed by atoms with E-state index in [1.54, 1.807) is 7.11 Å². The van der Waals surface area contributed by atoms with E-state index in [2.05, 4.69) is 28.4 Å². The van der Waals surface area contributed by atoms with Crippen molar-refractivity contribution in [3.63, 3.8) is 0 Å². The fraction of sp³-hybridized carbons (Fsp3) is 0.250. The third-order valence-electron chi connectivity index (χ3n) is 3.27. The van der Waals surface area contributed by atoms with E-state index in [4.69, 9.17) is 21.3 Å². The van der Waals surface area contributed by atoms with Crippen LogP contribution in [0.1, 0.15) is 19.1 Å². The largest absolute Gasteiger partial charge is 0.493 e. The zero-order valence-electron chi connectivity index (χ0n) is 11.5. The smallest absolute Gasteiger partial charge is 0.177 e. The molecule has 20 heavy (non-hydrogen) atoms. The Morgan fingerprint density at radius 1 is 1.60 bits per heavy atom. The van der Waals surface area contributed by atoms with E-state index in [0.29, 0.717) is 29.1 Å². The van der Waals surface area contributed by atoms with Gasteiger partial charge in [-0.25, -0.2) is 0 Å². The van der Waals surface area contributed by atoms with Gasteiger partial charge >= 0.3 is 0 Å². The fourth-order valence-electron chi connectivity index (χ4n) is 1.98. The molecule has 0 bridgehead atoms. The van der Waals surface area contributed by atoms with Crippen LogP contribution in [0.4, 0.5) is 0 Å². The SMILES string of the molecule is C#CCC(C)(N)C(=C)c1cc2c(Br)ccc(OC)c2o1. The van der Waals surface area contributed by atoms with Gasteiger partial charge in [-0.15, -0.1) is 12.3 Å². The van der Waals surface area contributed by atoms with Crippen molar-refractivity contribution < 1.29 is 9.15 Å². The second-order valence-corrected chi connectivity index (χ2v) is 5.73. The number of furan rings is 1. The molecule has 3 nitrogen and oxygen atoms in total. The Balaban J connectivity index is 2.55. The highest BCUT2D eigenvalue weighted by atomic mass is 79.9. The van der Waals surface area contributed by atoms with E-state index in [-0.39, 0.29) is 0 Å². The Morgan fingerprint density at radius 3 is 2.90 bits per heavy atom. The number of hydrogen-bond acceptors (Lipinski definition) is 3. The van der Waals surface area contributed by atoms with Crippen molar-refractivity contribution >= 4 is 32.5 Å². The van der Waals surface area contributed by atoms with E-state index in [0.717, 1.165) is 9.86 Å². The standard InChI is InChI=1S/C16H16BrNO2/c1-5-8-16(3,18)10(2)14-9-11-12(17)6-7-13(19-4)15(11)20-14/h1,6-7,9H,2,8,18H2,3-4H3. The molecule has 2 rings (SSSR count). The Morgan fingerprint density at radius 2 is 2.30 bits per heavy atom. The molecule has 104 valence electrons. The summed E-state index contributed by atoms with van der Waals surface area (Å²) in [6, 6.07) is 5.64. The summed E-state index contributed by atoms with van der Waals surface area (Å²) < 4.78 is 12.1. The highest BCUT2D eigenvalue weighted by Crippen LogP contribution is 2.38. The van der Waals surface area contributed by atoms with Crippen LogP contribution in [-0.2, 0) is 0 Å². The lowest BCUT2D eigenvalue weighted by Gasteiger charge is -2.23. The predicted octanol–water partition coefficient (Wildman–Crippen LogP) is 3.96. The predicted molar refractivity (Wildman–Crippen MR) is 85.5 cm³/mol. The molecule has 0 saturated carbocycles. The first-order valence-corrected chi connectivity index (χ1v) is 6.88. The number of benzene rings is 1. The Hall–Kier alpha value is -1.70. The summed E-state index contributed by atoms with van der Waals surface area (Å²) in [5.74, 6) is 3.85. The zero-order chi connectivity index (χ0) is 14.9. The maximum Gasteiger partial charge on any atom is 0.177 e. The molecule has 1 atom stereocenters. The van der Waals surface area contributed by atoms with Gasteiger partial charge in [-0.05, 0) is 25.1 Å². The Labute approximate surface area is 126 Å². The van der Waals surface area contributed by atoms with E-state index in [1.807, 2.05) is 25.1 Å². The van der Waals surface area contributed by atoms with Crippen LogP contribution in [0.15, 0.2) is 33.7 Å². The third kappa shape index (κ3) is 2.47. The van der Waals surface area contributed by atoms with Gasteiger partial charge in [0.25, 0.3) is 0 Å². The van der Waals surface area contributed by atoms with Crippen LogP contribution in [0.5, 0.6) is 5.75 Å². The van der Waals surface area contributed by atoms with Crippen LogP contribution in [0, 0.1) is 12.3 Å². The summed E-state index contributed by atoms with van der Waals surface area (Å²) in [4.78, 5) is 0. The van der Waals surface area contributed by atoms with Crippen LogP contribution < -0.4 is 10.5 Å². The first-order chi connectivity index (χ1) is 9.40. The molecule has 2 N–H and O–H groups in total. The number of rotatable bonds is 4. The van der Waals surface area contributed by atoms with Crippen LogP contribution in [0.2, 0.25) is 0 Å². The van der Waals surface area contributed by atoms with Gasteiger partial charge in [0.2, 0.25) is 0 Å². The molecule has 1 unspecified atom stereocenters. The summed E-state index contributed by atoms with van der Waals surface area (Å²) in [5, 5.41) is 0.914. The van der Waals surface area contributed by atoms with E-state index in [1.165, 1.54) is 0 Å². The molecule has 0 amide bonds. The highest BCUT2D eigenvalue weighted by molar-refractivity contribution is 9.10. The van der Waals surface area contributed by atoms with Crippen molar-refractivity contribution in [2.75, 3.05) is 7.11 Å². The lowest BCUT2D eigenvalue weighted by Crippen LogP contribution is -2.36. The van der Waals surface area contributed by atoms with Crippen molar-refractivity contribution in [2.24, 2.45) is 5.73 Å². The first kappa shape index (κ1) is 14.7. The molecule has 0 aliphatic rings. The molecule has 4 heteroatoms. The molecule has 0 aliphatic heterocycles. The quantitative estimate of drug-likeness (QED) is 0.861. The fourth-order valence-corrected chi connectivity index (χ4v) is 2.40. The van der Waals surface area contributed by atoms with Crippen molar-refractivity contribution in [3.8, 4) is 18.1 Å². The van der Waals surface area contributed by atoms with Gasteiger partial charge < -0.3 is 14.9 Å². The number of terminal acetylenes is 1. The molecular formula is C16H16BrNO2. The maximum atomic E-state index is 6.19. The molecule has 0 aliphatic carbocycles. The normalized spacial score (nSPS) is 13.8. The summed E-state index contributed by atoms with van der Waals surface area (Å²) in [6.07, 6.45) is 5.74. The minimum atomic E-state index is -0.706. The summed E-state index contributed by atoms with van der Waals surface area (Å²) in [6.45, 7) is 5.87. The van der Waals surface area contributed by atoms with E-state index >= 15 is 0 Å². The van der Waals surface area contributed by atoms with Crippen LogP contribution in [0.3, 0.4) is 0 Å². The van der Waals surface area contributed by atoms with E-state index in [9.17, 15) is 0 Å². The van der Waals surface area contributed by atoms with Crippen molar-refractivity contribution in [3.05, 3.63) is 35.0 Å². The molecule has 1 aromatic heterocycles. The van der Waals surface area contributed by atoms with E-state index < -0.39 is 5.54 Å². The molecule has 0 fully saturated rings. The summed E-state index contributed by atoms with van der Waals surface area (Å²) in [7, 11) is 1.60. The molecule has 2 aromatic rings. The van der Waals surface area contributed by atoms with Crippen molar-refractivity contribution in [2.45, 2.75) is 18.9 Å². The lowest BCUT2D eigenvalue weighted by molar-refractivity contribution is 0.409. The van der Waals surface area contributed by atoms with Crippen molar-refractivity contribution in [1.82, 2.24) is 0 Å². The maximum absolute atomic E-state index is 6.19. The first-order valence-electron chi connectivity index (χ1n) is 6.09. The molecule has 0 spiro atoms. The molecule has 1 aromatic carbocycles. The summed E-state index contributed by atoms with van der Waals surface area (Å²) in [5.41, 5.74) is 6.81. The number of methoxy groups -OCH3 is 1. The van der Waals surface area contributed by atoms with Crippen LogP contribution in [-0.4, -0.2) is 12.6 Å². The minimum Gasteiger partial charge on any atom is -0.493 e. The second kappa shape index (κ2) is 5.35. The Bertz CT molecular complexity index is 707. The van der Waals surface area contributed by atoms with Gasteiger partial charge in [0, 0.05) is 21.9 Å². The number of hydrogen-bond donors (Lipinski definition) is 1. The number of fused-ring (bicyclic) bond motifs is 1. The van der Waals surface area contributed by atoms with Gasteiger partial charge in [0.15, 0.2) is 11.3 Å². The molecule has 0 saturated heterocycles. The topological polar surface area (TPSA) is 48.4 Å². The van der Waals surface area contributed by atoms with Gasteiger partial charge in [0.1, 0.15) is 5.76 Å². The molecule has 0 radical (unpaired) electrons. The second-order valence-electron chi connectivity index (χ2n) is 4.88. The van der Waals surface area contributed by atoms with Gasteiger partial charge in [0.05, 0.1) is 12.6 Å². The van der Waals surface area contributed by atoms with Crippen molar-refractivity contribution in [1.29, 1.82) is 0 Å². The van der Waals surface area contributed by atoms with Gasteiger partial charge in [-0.2, -0.15) is 0 Å². The lowest BCUT2D eigenvalue weighted by atomic mass is 9.89. The van der Waals surface area contributed by atoms with Gasteiger partial charge in [-0.1, -0.05) is 22.5 Å². The summed E-state index contributed by atoms with van der Waals surface area (Å²) >= 11 is 3.50. The van der Waals surface area contributed by atoms with Crippen LogP contribution in [0.25, 0.3) is 16.5 Å². The monoisotopic (exact) mass is 333 g/mol. The molecule has 1 heterocycles. The van der Waals surface area contributed by atoms with Gasteiger partial charge in [-0.3, -0.25) is 0 Å². The number of nitrogens with two attached hydrogens (primary N) is 1. The molecular weight excluding hydrogens is 318 g/mol. The highest BCUT2D eigenvalue weighted by Gasteiger charge is 2.26. The van der Waals surface area contributed by atoms with Crippen LogP contribution >= 0.6 is 15.9 Å². The Kier molecular flexibility index (Phi) is 3.94. The minimum absolute atomic E-state index is 0.390. The third-order valence-corrected chi connectivity index (χ3v) is 3.96. The average molecular weight is 334 g/mol. The average Bonchev–Trinajstić information content (AvgIpc) is 2.84. The zero-order valence-corrected chi connectivity index (χ0v) is 13.1.